The lowest BCUT2D eigenvalue weighted by Gasteiger charge is -2.20. The van der Waals surface area contributed by atoms with E-state index < -0.39 is 11.8 Å². The van der Waals surface area contributed by atoms with Crippen LogP contribution >= 0.6 is 35.0 Å². The molecule has 2 rings (SSSR count). The summed E-state index contributed by atoms with van der Waals surface area (Å²) in [7, 11) is 0. The van der Waals surface area contributed by atoms with Gasteiger partial charge in [0.1, 0.15) is 5.03 Å². The Balaban J connectivity index is 2.40. The number of aromatic nitrogens is 2. The summed E-state index contributed by atoms with van der Waals surface area (Å²) in [5, 5.41) is 10.8. The van der Waals surface area contributed by atoms with Gasteiger partial charge < -0.3 is 14.8 Å². The summed E-state index contributed by atoms with van der Waals surface area (Å²) in [5.41, 5.74) is -0.256. The van der Waals surface area contributed by atoms with Crippen molar-refractivity contribution >= 4 is 41.1 Å². The Kier molecular flexibility index (Phi) is 5.73. The molecule has 24 heavy (non-hydrogen) atoms. The molecule has 0 aliphatic rings. The number of carboxylic acid groups (broad SMARTS) is 1. The molecule has 2 N–H and O–H groups in total. The van der Waals surface area contributed by atoms with Crippen LogP contribution in [0.1, 0.15) is 45.1 Å². The van der Waals surface area contributed by atoms with Gasteiger partial charge in [-0.05, 0) is 38.0 Å². The molecule has 0 saturated carbocycles. The lowest BCUT2D eigenvalue weighted by molar-refractivity contribution is -0.00397. The molecule has 0 aliphatic carbocycles. The fourth-order valence-electron chi connectivity index (χ4n) is 2.10. The minimum Gasteiger partial charge on any atom is -0.450 e. The molecule has 2 aromatic rings. The first-order chi connectivity index (χ1) is 11.1. The van der Waals surface area contributed by atoms with Gasteiger partial charge in [0.05, 0.1) is 5.69 Å². The van der Waals surface area contributed by atoms with Gasteiger partial charge in [-0.2, -0.15) is 0 Å². The van der Waals surface area contributed by atoms with Crippen LogP contribution in [0.2, 0.25) is 10.0 Å². The summed E-state index contributed by atoms with van der Waals surface area (Å²) in [4.78, 5) is 19.5. The van der Waals surface area contributed by atoms with Gasteiger partial charge in [0, 0.05) is 14.9 Å². The van der Waals surface area contributed by atoms with Gasteiger partial charge in [-0.15, -0.1) is 0 Å². The first kappa shape index (κ1) is 19.0. The van der Waals surface area contributed by atoms with Crippen LogP contribution < -0.4 is 0 Å². The predicted octanol–water partition coefficient (Wildman–Crippen LogP) is 5.92. The number of H-pyrrole nitrogens is 1. The Morgan fingerprint density at radius 1 is 1.29 bits per heavy atom. The van der Waals surface area contributed by atoms with E-state index in [1.165, 1.54) is 11.8 Å². The van der Waals surface area contributed by atoms with Gasteiger partial charge in [0.2, 0.25) is 0 Å². The molecule has 0 unspecified atom stereocenters. The Morgan fingerprint density at radius 3 is 2.38 bits per heavy atom. The molecule has 0 spiro atoms. The van der Waals surface area contributed by atoms with E-state index in [0.717, 1.165) is 15.6 Å². The highest BCUT2D eigenvalue weighted by Crippen LogP contribution is 2.37. The quantitative estimate of drug-likeness (QED) is 0.621. The zero-order valence-electron chi connectivity index (χ0n) is 13.7. The lowest BCUT2D eigenvalue weighted by atomic mass is 10.1. The van der Waals surface area contributed by atoms with Crippen LogP contribution in [0.4, 0.5) is 4.79 Å². The molecule has 0 bridgehead atoms. The van der Waals surface area contributed by atoms with Crippen molar-refractivity contribution in [2.45, 2.75) is 49.1 Å². The lowest BCUT2D eigenvalue weighted by Crippen LogP contribution is -2.26. The van der Waals surface area contributed by atoms with Crippen molar-refractivity contribution in [3.63, 3.8) is 0 Å². The third-order valence-corrected chi connectivity index (χ3v) is 4.64. The summed E-state index contributed by atoms with van der Waals surface area (Å²) in [6, 6.07) is 5.28. The molecule has 0 aliphatic heterocycles. The van der Waals surface area contributed by atoms with Crippen LogP contribution in [0.3, 0.4) is 0 Å². The molecular weight excluding hydrogens is 371 g/mol. The number of nitrogens with zero attached hydrogens (tertiary/aromatic N) is 1. The van der Waals surface area contributed by atoms with Crippen LogP contribution in [0.5, 0.6) is 0 Å². The minimum atomic E-state index is -1.35. The fraction of sp³-hybridized carbons (Fsp3) is 0.375. The second-order valence-electron chi connectivity index (χ2n) is 6.04. The number of benzene rings is 1. The van der Waals surface area contributed by atoms with E-state index in [4.69, 9.17) is 33.0 Å². The molecule has 0 atom stereocenters. The zero-order valence-corrected chi connectivity index (χ0v) is 16.0. The SMILES string of the molecule is CC(C)c1nc(C(C)(C)OC(=O)O)[nH]c1Sc1cc(Cl)cc(Cl)c1. The monoisotopic (exact) mass is 388 g/mol. The van der Waals surface area contributed by atoms with Gasteiger partial charge in [-0.25, -0.2) is 9.78 Å². The van der Waals surface area contributed by atoms with Crippen molar-refractivity contribution in [2.75, 3.05) is 0 Å². The smallest absolute Gasteiger partial charge is 0.450 e. The number of rotatable bonds is 5. The van der Waals surface area contributed by atoms with Crippen LogP contribution in [0, 0.1) is 0 Å². The minimum absolute atomic E-state index is 0.146. The van der Waals surface area contributed by atoms with Crippen molar-refractivity contribution in [1.82, 2.24) is 9.97 Å². The van der Waals surface area contributed by atoms with Crippen LogP contribution in [-0.4, -0.2) is 21.2 Å². The largest absolute Gasteiger partial charge is 0.506 e. The summed E-state index contributed by atoms with van der Waals surface area (Å²) in [6.07, 6.45) is -1.35. The van der Waals surface area contributed by atoms with Crippen LogP contribution in [0.25, 0.3) is 0 Å². The van der Waals surface area contributed by atoms with Crippen molar-refractivity contribution in [3.05, 3.63) is 39.8 Å². The van der Waals surface area contributed by atoms with E-state index >= 15 is 0 Å². The maximum Gasteiger partial charge on any atom is 0.506 e. The van der Waals surface area contributed by atoms with Gasteiger partial charge in [-0.3, -0.25) is 0 Å². The van der Waals surface area contributed by atoms with Gasteiger partial charge in [0.25, 0.3) is 0 Å². The van der Waals surface area contributed by atoms with Crippen molar-refractivity contribution in [2.24, 2.45) is 0 Å². The van der Waals surface area contributed by atoms with Crippen molar-refractivity contribution in [3.8, 4) is 0 Å². The first-order valence-electron chi connectivity index (χ1n) is 7.24. The predicted molar refractivity (Wildman–Crippen MR) is 95.4 cm³/mol. The topological polar surface area (TPSA) is 75.2 Å². The molecule has 0 amide bonds. The molecule has 8 heteroatoms. The highest BCUT2D eigenvalue weighted by molar-refractivity contribution is 7.99. The summed E-state index contributed by atoms with van der Waals surface area (Å²) in [5.74, 6) is 0.594. The van der Waals surface area contributed by atoms with Crippen molar-refractivity contribution < 1.29 is 14.6 Å². The number of aromatic amines is 1. The molecule has 0 radical (unpaired) electrons. The highest BCUT2D eigenvalue weighted by atomic mass is 35.5. The second-order valence-corrected chi connectivity index (χ2v) is 8.00. The van der Waals surface area contributed by atoms with E-state index in [1.807, 2.05) is 26.0 Å². The van der Waals surface area contributed by atoms with E-state index in [1.54, 1.807) is 19.9 Å². The Labute approximate surface area is 154 Å². The third kappa shape index (κ3) is 4.59. The number of nitrogens with one attached hydrogen (secondary N) is 1. The molecular formula is C16H18Cl2N2O3S. The van der Waals surface area contributed by atoms with Gasteiger partial charge >= 0.3 is 6.16 Å². The maximum absolute atomic E-state index is 10.9. The first-order valence-corrected chi connectivity index (χ1v) is 8.82. The number of hydrogen-bond donors (Lipinski definition) is 2. The Morgan fingerprint density at radius 2 is 1.88 bits per heavy atom. The Hall–Kier alpha value is -1.37. The molecule has 1 aromatic heterocycles. The molecule has 1 aromatic carbocycles. The van der Waals surface area contributed by atoms with Crippen molar-refractivity contribution in [1.29, 1.82) is 0 Å². The molecule has 130 valence electrons. The zero-order chi connectivity index (χ0) is 18.1. The Bertz CT molecular complexity index is 740. The summed E-state index contributed by atoms with van der Waals surface area (Å²) >= 11 is 13.5. The van der Waals surface area contributed by atoms with E-state index in [2.05, 4.69) is 9.97 Å². The number of hydrogen-bond acceptors (Lipinski definition) is 4. The van der Waals surface area contributed by atoms with Crippen LogP contribution in [0.15, 0.2) is 28.1 Å². The van der Waals surface area contributed by atoms with Gasteiger partial charge in [-0.1, -0.05) is 48.8 Å². The normalized spacial score (nSPS) is 11.8. The average molecular weight is 389 g/mol. The van der Waals surface area contributed by atoms with Gasteiger partial charge in [0.15, 0.2) is 11.4 Å². The highest BCUT2D eigenvalue weighted by Gasteiger charge is 2.31. The van der Waals surface area contributed by atoms with E-state index in [-0.39, 0.29) is 5.92 Å². The molecule has 1 heterocycles. The molecule has 0 fully saturated rings. The summed E-state index contributed by atoms with van der Waals surface area (Å²) in [6.45, 7) is 7.32. The second kappa shape index (κ2) is 7.25. The van der Waals surface area contributed by atoms with Crippen LogP contribution in [-0.2, 0) is 10.3 Å². The number of halogens is 2. The van der Waals surface area contributed by atoms with E-state index in [0.29, 0.717) is 15.9 Å². The average Bonchev–Trinajstić information content (AvgIpc) is 2.80. The standard InChI is InChI=1S/C16H18Cl2N2O3S/c1-8(2)12-13(24-11-6-9(17)5-10(18)7-11)20-14(19-12)16(3,4)23-15(21)22/h5-8H,1-4H3,(H,19,20)(H,21,22). The van der Waals surface area contributed by atoms with E-state index in [9.17, 15) is 4.79 Å². The molecule has 0 saturated heterocycles. The maximum atomic E-state index is 10.9. The third-order valence-electron chi connectivity index (χ3n) is 3.21. The number of carbonyl (C=O) groups is 1. The fourth-order valence-corrected chi connectivity index (χ4v) is 3.89. The number of imidazole rings is 1. The summed E-state index contributed by atoms with van der Waals surface area (Å²) < 4.78 is 4.93. The molecule has 5 nitrogen and oxygen atoms in total. The number of ether oxygens (including phenoxy) is 1.